The van der Waals surface area contributed by atoms with Gasteiger partial charge in [0.1, 0.15) is 31.8 Å². The molecule has 3 aliphatic rings. The van der Waals surface area contributed by atoms with Crippen LogP contribution in [0.5, 0.6) is 0 Å². The Balaban J connectivity index is 0.844. The lowest BCUT2D eigenvalue weighted by Gasteiger charge is -2.31. The number of pyridine rings is 2. The van der Waals surface area contributed by atoms with Crippen LogP contribution in [-0.4, -0.2) is 154 Å². The van der Waals surface area contributed by atoms with Gasteiger partial charge >= 0.3 is 5.97 Å². The minimum atomic E-state index is -2.05. The molecule has 7 rings (SSSR count). The first-order valence-electron chi connectivity index (χ1n) is 25.7. The van der Waals surface area contributed by atoms with Gasteiger partial charge in [0.15, 0.2) is 5.60 Å². The van der Waals surface area contributed by atoms with E-state index >= 15 is 4.39 Å². The molecule has 420 valence electrons. The smallest absolute Gasteiger partial charge is 0.343 e. The molecule has 78 heavy (non-hydrogen) atoms. The van der Waals surface area contributed by atoms with Crippen molar-refractivity contribution in [2.24, 2.45) is 5.73 Å². The van der Waals surface area contributed by atoms with E-state index in [2.05, 4.69) is 31.9 Å². The van der Waals surface area contributed by atoms with Crippen LogP contribution in [0.3, 0.4) is 0 Å². The molecular formula is C53H66FN9O15. The fourth-order valence-corrected chi connectivity index (χ4v) is 9.39. The third kappa shape index (κ3) is 14.6. The van der Waals surface area contributed by atoms with E-state index in [0.29, 0.717) is 104 Å². The molecule has 24 nitrogen and oxygen atoms in total. The summed E-state index contributed by atoms with van der Waals surface area (Å²) in [5, 5.41) is 27.4. The zero-order chi connectivity index (χ0) is 55.8. The first-order valence-corrected chi connectivity index (χ1v) is 25.7. The number of halogens is 1. The zero-order valence-electron chi connectivity index (χ0n) is 43.6. The second-order valence-electron chi connectivity index (χ2n) is 18.6. The van der Waals surface area contributed by atoms with E-state index in [0.717, 1.165) is 5.56 Å². The molecule has 0 unspecified atom stereocenters. The van der Waals surface area contributed by atoms with E-state index in [9.17, 15) is 43.5 Å². The number of fused-ring (bicyclic) bond motifs is 5. The molecule has 0 saturated carbocycles. The highest BCUT2D eigenvalue weighted by Crippen LogP contribution is 2.46. The van der Waals surface area contributed by atoms with Crippen molar-refractivity contribution < 1.29 is 71.5 Å². The number of carbonyl (C=O) groups excluding carboxylic acids is 7. The maximum absolute atomic E-state index is 15.4. The monoisotopic (exact) mass is 1090 g/mol. The number of ether oxygens (including phenoxy) is 6. The predicted molar refractivity (Wildman–Crippen MR) is 275 cm³/mol. The molecule has 25 heteroatoms. The number of rotatable bonds is 30. The van der Waals surface area contributed by atoms with Crippen LogP contribution in [0.1, 0.15) is 71.2 Å². The molecule has 4 aromatic rings. The minimum absolute atomic E-state index is 0.0132. The van der Waals surface area contributed by atoms with Crippen LogP contribution in [-0.2, 0) is 93.6 Å². The molecule has 3 atom stereocenters. The predicted octanol–water partition coefficient (Wildman–Crippen LogP) is -0.788. The molecule has 0 bridgehead atoms. The molecule has 0 spiro atoms. The summed E-state index contributed by atoms with van der Waals surface area (Å²) in [7, 11) is 0. The third-order valence-electron chi connectivity index (χ3n) is 13.4. The van der Waals surface area contributed by atoms with E-state index in [4.69, 9.17) is 39.1 Å². The van der Waals surface area contributed by atoms with E-state index in [1.165, 1.54) is 10.6 Å². The van der Waals surface area contributed by atoms with Gasteiger partial charge < -0.3 is 75.7 Å². The van der Waals surface area contributed by atoms with Gasteiger partial charge in [-0.15, -0.1) is 0 Å². The molecule has 2 aromatic heterocycles. The van der Waals surface area contributed by atoms with Gasteiger partial charge in [-0.05, 0) is 54.5 Å². The maximum Gasteiger partial charge on any atom is 0.343 e. The molecule has 4 heterocycles. The highest BCUT2D eigenvalue weighted by atomic mass is 19.1. The van der Waals surface area contributed by atoms with Gasteiger partial charge in [0, 0.05) is 42.0 Å². The average molecular weight is 1090 g/mol. The van der Waals surface area contributed by atoms with Crippen molar-refractivity contribution in [1.29, 1.82) is 0 Å². The van der Waals surface area contributed by atoms with Gasteiger partial charge in [-0.2, -0.15) is 0 Å². The number of nitrogens with two attached hydrogens (primary N) is 1. The van der Waals surface area contributed by atoms with Crippen LogP contribution < -0.4 is 43.2 Å². The number of aromatic nitrogens is 2. The maximum atomic E-state index is 15.4. The van der Waals surface area contributed by atoms with Gasteiger partial charge in [0.2, 0.25) is 35.4 Å². The van der Waals surface area contributed by atoms with Crippen molar-refractivity contribution in [3.05, 3.63) is 97.6 Å². The Morgan fingerprint density at radius 1 is 0.821 bits per heavy atom. The van der Waals surface area contributed by atoms with E-state index in [-0.39, 0.29) is 56.8 Å². The highest BCUT2D eigenvalue weighted by molar-refractivity contribution is 5.95. The number of hydrogen-bond donors (Lipinski definition) is 8. The highest BCUT2D eigenvalue weighted by Gasteiger charge is 2.46. The van der Waals surface area contributed by atoms with Crippen molar-refractivity contribution in [1.82, 2.24) is 41.5 Å². The Bertz CT molecular complexity index is 2920. The second kappa shape index (κ2) is 27.9. The van der Waals surface area contributed by atoms with E-state index in [1.807, 2.05) is 0 Å². The summed E-state index contributed by atoms with van der Waals surface area (Å²) < 4.78 is 48.9. The summed E-state index contributed by atoms with van der Waals surface area (Å²) in [6.07, 6.45) is 0.753. The van der Waals surface area contributed by atoms with Crippen LogP contribution in [0.2, 0.25) is 0 Å². The topological polar surface area (TPSA) is 328 Å². The van der Waals surface area contributed by atoms with Crippen molar-refractivity contribution in [2.45, 2.75) is 76.8 Å². The lowest BCUT2D eigenvalue weighted by Crippen LogP contribution is -2.52. The molecule has 1 aliphatic carbocycles. The van der Waals surface area contributed by atoms with Crippen LogP contribution in [0, 0.1) is 12.7 Å². The van der Waals surface area contributed by atoms with Crippen LogP contribution in [0.4, 0.5) is 4.39 Å². The minimum Gasteiger partial charge on any atom is -0.458 e. The molecule has 6 amide bonds. The molecule has 2 aliphatic heterocycles. The van der Waals surface area contributed by atoms with Crippen molar-refractivity contribution >= 4 is 52.3 Å². The Morgan fingerprint density at radius 2 is 1.47 bits per heavy atom. The molecule has 0 fully saturated rings. The summed E-state index contributed by atoms with van der Waals surface area (Å²) >= 11 is 0. The first kappa shape index (κ1) is 58.4. The fraction of sp³-hybridized carbons (Fsp3) is 0.491. The van der Waals surface area contributed by atoms with Gasteiger partial charge in [-0.3, -0.25) is 33.6 Å². The number of cyclic esters (lactones) is 1. The van der Waals surface area contributed by atoms with Crippen LogP contribution in [0.15, 0.2) is 47.3 Å². The Kier molecular flexibility index (Phi) is 20.9. The Morgan fingerprint density at radius 3 is 2.18 bits per heavy atom. The average Bonchev–Trinajstić information content (AvgIpc) is 4.00. The summed E-state index contributed by atoms with van der Waals surface area (Å²) in [6, 6.07) is 9.88. The van der Waals surface area contributed by atoms with Crippen LogP contribution >= 0.6 is 0 Å². The number of aliphatic hydroxyl groups is 1. The van der Waals surface area contributed by atoms with Crippen molar-refractivity contribution in [3.63, 3.8) is 0 Å². The van der Waals surface area contributed by atoms with Gasteiger partial charge in [-0.1, -0.05) is 37.3 Å². The number of hydrogen-bond acceptors (Lipinski definition) is 17. The SMILES string of the molecule is CC[C@]1(O)C(=O)OCc2c1cc1n(c2=O)Cc2c-1nc1cc(F)c(C)c3c1c2[C@H](NC(=O)COCNC(=O)CNC(=O)[C@H](Cc1ccccc1)NC(=O)CNC(=O)CNC(=O)CCOCCOCCOCCOCCN)CC3. The fourth-order valence-electron chi connectivity index (χ4n) is 9.39. The summed E-state index contributed by atoms with van der Waals surface area (Å²) in [6.45, 7) is 3.90. The Hall–Kier alpha value is -7.26. The standard InChI is InChI=1S/C53H66FN9O15/c1-3-53(72)36-22-41-49-34(27-63(41)51(70)35(36)28-78-52(53)71)48-38(10-9-33-31(2)37(54)23-39(62-49)47(33)48)60-46(68)29-77-30-59-44(66)25-58-50(69)40(21-32-7-5-4-6-8-32)61-45(67)26-57-43(65)24-56-42(64)11-13-73-15-17-75-19-20-76-18-16-74-14-12-55/h4-8,22-23,38,40,72H,3,9-21,24-30,55H2,1-2H3,(H,56,64)(H,57,65)(H,58,69)(H,59,66)(H,60,68)(H,61,67)/t38-,40+,53-/m1/s1. The lowest BCUT2D eigenvalue weighted by molar-refractivity contribution is -0.172. The number of aryl methyl sites for hydroxylation is 1. The van der Waals surface area contributed by atoms with E-state index in [1.54, 1.807) is 50.2 Å². The normalized spacial score (nSPS) is 16.3. The van der Waals surface area contributed by atoms with Crippen molar-refractivity contribution in [3.8, 4) is 11.4 Å². The third-order valence-corrected chi connectivity index (χ3v) is 13.4. The molecular weight excluding hydrogens is 1020 g/mol. The van der Waals surface area contributed by atoms with Crippen LogP contribution in [0.25, 0.3) is 22.3 Å². The lowest BCUT2D eigenvalue weighted by atomic mass is 9.81. The van der Waals surface area contributed by atoms with Crippen molar-refractivity contribution in [2.75, 3.05) is 92.4 Å². The molecule has 0 radical (unpaired) electrons. The molecule has 0 saturated heterocycles. The van der Waals surface area contributed by atoms with Gasteiger partial charge in [0.05, 0.1) is 108 Å². The number of amides is 6. The largest absolute Gasteiger partial charge is 0.458 e. The second-order valence-corrected chi connectivity index (χ2v) is 18.6. The molecule has 9 N–H and O–H groups in total. The summed E-state index contributed by atoms with van der Waals surface area (Å²) in [5.41, 5.74) is 7.22. The Labute approximate surface area is 447 Å². The number of carbonyl (C=O) groups is 7. The number of esters is 1. The summed E-state index contributed by atoms with van der Waals surface area (Å²) in [4.78, 5) is 109. The van der Waals surface area contributed by atoms with Gasteiger partial charge in [-0.25, -0.2) is 14.2 Å². The quantitative estimate of drug-likeness (QED) is 0.0159. The summed E-state index contributed by atoms with van der Waals surface area (Å²) in [5.74, 6) is -5.06. The number of nitrogens with one attached hydrogen (secondary N) is 6. The number of nitrogens with zero attached hydrogens (tertiary/aromatic N) is 2. The zero-order valence-corrected chi connectivity index (χ0v) is 43.6. The first-order chi connectivity index (χ1) is 37.6. The van der Waals surface area contributed by atoms with Gasteiger partial charge in [0.25, 0.3) is 5.56 Å². The van der Waals surface area contributed by atoms with E-state index < -0.39 is 103 Å². The molecule has 2 aromatic carbocycles. The number of benzene rings is 2.